The number of hydrogen-bond acceptors (Lipinski definition) is 3. The van der Waals surface area contributed by atoms with Gasteiger partial charge in [-0.05, 0) is 27.2 Å². The smallest absolute Gasteiger partial charge is 0.0590 e. The van der Waals surface area contributed by atoms with Crippen molar-refractivity contribution >= 4 is 0 Å². The van der Waals surface area contributed by atoms with E-state index in [1.165, 1.54) is 32.1 Å². The minimum atomic E-state index is 0.112. The number of ether oxygens (including phenoxy) is 1. The lowest BCUT2D eigenvalue weighted by atomic mass is 9.90. The first-order valence-corrected chi connectivity index (χ1v) is 7.47. The van der Waals surface area contributed by atoms with Gasteiger partial charge in [0.15, 0.2) is 0 Å². The zero-order valence-corrected chi connectivity index (χ0v) is 13.2. The number of unbranched alkanes of at least 4 members (excludes halogenated alkanes) is 3. The molecule has 3 nitrogen and oxygen atoms in total. The van der Waals surface area contributed by atoms with Crippen LogP contribution in [0.4, 0.5) is 0 Å². The van der Waals surface area contributed by atoms with Gasteiger partial charge in [-0.25, -0.2) is 0 Å². The second kappa shape index (κ2) is 9.76. The Morgan fingerprint density at radius 2 is 1.89 bits per heavy atom. The molecule has 0 aromatic carbocycles. The molecule has 0 aliphatic carbocycles. The van der Waals surface area contributed by atoms with Crippen LogP contribution in [-0.2, 0) is 4.74 Å². The molecule has 0 bridgehead atoms. The second-order valence-electron chi connectivity index (χ2n) is 5.79. The molecule has 0 fully saturated rings. The molecule has 3 heteroatoms. The fraction of sp³-hybridized carbons (Fsp3) is 1.00. The van der Waals surface area contributed by atoms with Crippen LogP contribution in [0.2, 0.25) is 0 Å². The third kappa shape index (κ3) is 6.17. The Hall–Kier alpha value is -0.120. The van der Waals surface area contributed by atoms with E-state index in [0.29, 0.717) is 6.04 Å². The topological polar surface area (TPSA) is 38.5 Å². The predicted molar refractivity (Wildman–Crippen MR) is 79.9 cm³/mol. The molecule has 0 aliphatic heterocycles. The third-order valence-corrected chi connectivity index (χ3v) is 3.86. The maximum atomic E-state index is 6.05. The molecule has 18 heavy (non-hydrogen) atoms. The predicted octanol–water partition coefficient (Wildman–Crippen LogP) is 3.03. The maximum absolute atomic E-state index is 6.05. The number of hydrogen-bond donors (Lipinski definition) is 1. The molecular formula is C15H34N2O. The highest BCUT2D eigenvalue weighted by atomic mass is 16.5. The van der Waals surface area contributed by atoms with Crippen molar-refractivity contribution in [1.82, 2.24) is 4.90 Å². The number of nitrogens with zero attached hydrogens (tertiary/aromatic N) is 1. The first kappa shape index (κ1) is 17.9. The molecule has 0 aromatic heterocycles. The van der Waals surface area contributed by atoms with Gasteiger partial charge in [-0.2, -0.15) is 0 Å². The van der Waals surface area contributed by atoms with Crippen LogP contribution in [-0.4, -0.2) is 43.3 Å². The molecular weight excluding hydrogens is 224 g/mol. The van der Waals surface area contributed by atoms with Crippen molar-refractivity contribution in [2.24, 2.45) is 5.73 Å². The van der Waals surface area contributed by atoms with E-state index < -0.39 is 0 Å². The summed E-state index contributed by atoms with van der Waals surface area (Å²) in [5.74, 6) is 0. The van der Waals surface area contributed by atoms with E-state index >= 15 is 0 Å². The van der Waals surface area contributed by atoms with Gasteiger partial charge in [-0.3, -0.25) is 4.90 Å². The van der Waals surface area contributed by atoms with Crippen molar-refractivity contribution in [2.75, 3.05) is 26.8 Å². The monoisotopic (exact) mass is 258 g/mol. The molecule has 110 valence electrons. The van der Waals surface area contributed by atoms with Gasteiger partial charge < -0.3 is 10.5 Å². The Morgan fingerprint density at radius 3 is 2.33 bits per heavy atom. The van der Waals surface area contributed by atoms with E-state index in [1.807, 2.05) is 0 Å². The summed E-state index contributed by atoms with van der Waals surface area (Å²) in [5, 5.41) is 0. The molecule has 2 N–H and O–H groups in total. The Bertz CT molecular complexity index is 197. The summed E-state index contributed by atoms with van der Waals surface area (Å²) in [6.45, 7) is 11.5. The van der Waals surface area contributed by atoms with Crippen LogP contribution in [0.3, 0.4) is 0 Å². The fourth-order valence-electron chi connectivity index (χ4n) is 2.64. The van der Waals surface area contributed by atoms with Gasteiger partial charge in [-0.15, -0.1) is 0 Å². The summed E-state index contributed by atoms with van der Waals surface area (Å²) in [5.41, 5.74) is 6.16. The molecule has 0 saturated carbocycles. The molecule has 0 saturated heterocycles. The van der Waals surface area contributed by atoms with Crippen molar-refractivity contribution in [3.63, 3.8) is 0 Å². The van der Waals surface area contributed by atoms with Gasteiger partial charge in [0, 0.05) is 31.8 Å². The highest BCUT2D eigenvalue weighted by Crippen LogP contribution is 2.24. The summed E-state index contributed by atoms with van der Waals surface area (Å²) in [6.07, 6.45) is 6.41. The van der Waals surface area contributed by atoms with E-state index in [-0.39, 0.29) is 5.54 Å². The van der Waals surface area contributed by atoms with Crippen molar-refractivity contribution < 1.29 is 4.74 Å². The summed E-state index contributed by atoms with van der Waals surface area (Å²) in [7, 11) is 1.76. The summed E-state index contributed by atoms with van der Waals surface area (Å²) in [4.78, 5) is 2.50. The van der Waals surface area contributed by atoms with Crippen LogP contribution in [0.15, 0.2) is 0 Å². The standard InChI is InChI=1S/C15H34N2O/c1-6-7-8-9-10-15(4,13-16)17(14(2)3)11-12-18-5/h14H,6-13,16H2,1-5H3. The van der Waals surface area contributed by atoms with Gasteiger partial charge in [-0.1, -0.05) is 32.6 Å². The number of rotatable bonds is 11. The van der Waals surface area contributed by atoms with Crippen LogP contribution < -0.4 is 5.73 Å². The van der Waals surface area contributed by atoms with E-state index in [4.69, 9.17) is 10.5 Å². The van der Waals surface area contributed by atoms with Gasteiger partial charge >= 0.3 is 0 Å². The number of nitrogens with two attached hydrogens (primary N) is 1. The summed E-state index contributed by atoms with van der Waals surface area (Å²) in [6, 6.07) is 0.514. The van der Waals surface area contributed by atoms with Crippen LogP contribution in [0.5, 0.6) is 0 Å². The highest BCUT2D eigenvalue weighted by Gasteiger charge is 2.31. The van der Waals surface area contributed by atoms with Crippen molar-refractivity contribution in [3.8, 4) is 0 Å². The lowest BCUT2D eigenvalue weighted by Crippen LogP contribution is -2.55. The molecule has 0 aliphatic rings. The lowest BCUT2D eigenvalue weighted by molar-refractivity contribution is 0.0381. The minimum Gasteiger partial charge on any atom is -0.383 e. The second-order valence-corrected chi connectivity index (χ2v) is 5.79. The Kier molecular flexibility index (Phi) is 9.70. The quantitative estimate of drug-likeness (QED) is 0.579. The van der Waals surface area contributed by atoms with Crippen LogP contribution in [0, 0.1) is 0 Å². The Morgan fingerprint density at radius 1 is 1.22 bits per heavy atom. The van der Waals surface area contributed by atoms with Crippen LogP contribution in [0.1, 0.15) is 59.8 Å². The fourth-order valence-corrected chi connectivity index (χ4v) is 2.64. The molecule has 0 spiro atoms. The van der Waals surface area contributed by atoms with Gasteiger partial charge in [0.25, 0.3) is 0 Å². The molecule has 0 radical (unpaired) electrons. The Labute approximate surface area is 114 Å². The van der Waals surface area contributed by atoms with Crippen molar-refractivity contribution in [2.45, 2.75) is 71.4 Å². The SMILES string of the molecule is CCCCCCC(C)(CN)N(CCOC)C(C)C. The zero-order valence-electron chi connectivity index (χ0n) is 13.2. The van der Waals surface area contributed by atoms with Crippen molar-refractivity contribution in [3.05, 3.63) is 0 Å². The third-order valence-electron chi connectivity index (χ3n) is 3.86. The van der Waals surface area contributed by atoms with Gasteiger partial charge in [0.2, 0.25) is 0 Å². The summed E-state index contributed by atoms with van der Waals surface area (Å²) >= 11 is 0. The molecule has 1 atom stereocenters. The van der Waals surface area contributed by atoms with E-state index in [0.717, 1.165) is 19.7 Å². The molecule has 1 unspecified atom stereocenters. The average Bonchev–Trinajstić information content (AvgIpc) is 2.34. The maximum Gasteiger partial charge on any atom is 0.0590 e. The van der Waals surface area contributed by atoms with E-state index in [1.54, 1.807) is 7.11 Å². The average molecular weight is 258 g/mol. The first-order chi connectivity index (χ1) is 8.51. The first-order valence-electron chi connectivity index (χ1n) is 7.47. The Balaban J connectivity index is 4.42. The normalized spacial score (nSPS) is 15.3. The largest absolute Gasteiger partial charge is 0.383 e. The van der Waals surface area contributed by atoms with E-state index in [9.17, 15) is 0 Å². The summed E-state index contributed by atoms with van der Waals surface area (Å²) < 4.78 is 5.22. The molecule has 0 rings (SSSR count). The van der Waals surface area contributed by atoms with E-state index in [2.05, 4.69) is 32.6 Å². The molecule has 0 aromatic rings. The molecule has 0 amide bonds. The lowest BCUT2D eigenvalue weighted by Gasteiger charge is -2.43. The van der Waals surface area contributed by atoms with Crippen molar-refractivity contribution in [1.29, 1.82) is 0 Å². The zero-order chi connectivity index (χ0) is 14.0. The number of methoxy groups -OCH3 is 1. The van der Waals surface area contributed by atoms with Crippen LogP contribution >= 0.6 is 0 Å². The minimum absolute atomic E-state index is 0.112. The van der Waals surface area contributed by atoms with Crippen LogP contribution in [0.25, 0.3) is 0 Å². The highest BCUT2D eigenvalue weighted by molar-refractivity contribution is 4.89. The van der Waals surface area contributed by atoms with Gasteiger partial charge in [0.05, 0.1) is 6.61 Å². The van der Waals surface area contributed by atoms with Gasteiger partial charge in [0.1, 0.15) is 0 Å². The molecule has 0 heterocycles.